The van der Waals surface area contributed by atoms with Crippen LogP contribution in [0, 0.1) is 0 Å². The number of primary sulfonamides is 1. The topological polar surface area (TPSA) is 137 Å². The molecule has 15 heteroatoms. The van der Waals surface area contributed by atoms with Crippen LogP contribution in [0.5, 0.6) is 0 Å². The minimum Gasteiger partial charge on any atom is -0.382 e. The van der Waals surface area contributed by atoms with Gasteiger partial charge in [-0.15, -0.1) is 11.3 Å². The molecule has 0 aliphatic carbocycles. The number of hydrogen-bond acceptors (Lipinski definition) is 9. The number of nitrogen functional groups attached to an aromatic ring is 1. The summed E-state index contributed by atoms with van der Waals surface area (Å²) >= 11 is 27.1. The van der Waals surface area contributed by atoms with Gasteiger partial charge in [0.15, 0.2) is 5.13 Å². The molecule has 1 aromatic carbocycles. The normalized spacial score (nSPS) is 11.7. The number of thiazole rings is 2. The number of halogens is 4. The summed E-state index contributed by atoms with van der Waals surface area (Å²) in [7, 11) is -3.77. The van der Waals surface area contributed by atoms with E-state index in [1.54, 1.807) is 17.5 Å². The zero-order valence-electron chi connectivity index (χ0n) is 15.4. The molecular weight excluding hydrogens is 558 g/mol. The number of hydrogen-bond donors (Lipinski definition) is 3. The Morgan fingerprint density at radius 1 is 0.938 bits per heavy atom. The number of nitrogens with one attached hydrogen (secondary N) is 1. The predicted octanol–water partition coefficient (Wildman–Crippen LogP) is 5.92. The zero-order valence-corrected chi connectivity index (χ0v) is 20.9. The van der Waals surface area contributed by atoms with Gasteiger partial charge in [-0.25, -0.2) is 28.5 Å². The lowest BCUT2D eigenvalue weighted by Gasteiger charge is -2.06. The summed E-state index contributed by atoms with van der Waals surface area (Å²) in [5, 5.41) is 11.3. The van der Waals surface area contributed by atoms with Crippen LogP contribution in [0.4, 0.5) is 16.6 Å². The van der Waals surface area contributed by atoms with E-state index < -0.39 is 10.0 Å². The summed E-state index contributed by atoms with van der Waals surface area (Å²) in [4.78, 5) is 13.4. The molecule has 0 atom stereocenters. The fourth-order valence-electron chi connectivity index (χ4n) is 2.59. The fraction of sp³-hybridized carbons (Fsp3) is 0. The van der Waals surface area contributed by atoms with E-state index in [0.29, 0.717) is 32.0 Å². The third kappa shape index (κ3) is 4.66. The molecule has 0 radical (unpaired) electrons. The van der Waals surface area contributed by atoms with Gasteiger partial charge in [0.05, 0.1) is 20.6 Å². The highest BCUT2D eigenvalue weighted by atomic mass is 35.5. The Hall–Kier alpha value is -1.70. The summed E-state index contributed by atoms with van der Waals surface area (Å²) in [6.45, 7) is 0. The minimum absolute atomic E-state index is 0.00588. The fourth-order valence-corrected chi connectivity index (χ4v) is 5.84. The summed E-state index contributed by atoms with van der Waals surface area (Å²) < 4.78 is 22.8. The maximum absolute atomic E-state index is 11.4. The van der Waals surface area contributed by atoms with Crippen LogP contribution in [-0.4, -0.2) is 23.4 Å². The molecule has 0 saturated carbocycles. The molecule has 0 amide bonds. The second kappa shape index (κ2) is 8.92. The number of benzene rings is 1. The first kappa shape index (κ1) is 23.5. The third-order valence-corrected chi connectivity index (χ3v) is 8.43. The van der Waals surface area contributed by atoms with Gasteiger partial charge in [0.1, 0.15) is 26.0 Å². The van der Waals surface area contributed by atoms with Gasteiger partial charge in [-0.2, -0.15) is 0 Å². The van der Waals surface area contributed by atoms with Crippen molar-refractivity contribution in [2.45, 2.75) is 4.90 Å². The molecule has 3 aromatic heterocycles. The van der Waals surface area contributed by atoms with Crippen molar-refractivity contribution < 1.29 is 8.42 Å². The van der Waals surface area contributed by atoms with Crippen LogP contribution in [0.15, 0.2) is 34.5 Å². The van der Waals surface area contributed by atoms with Crippen LogP contribution in [-0.2, 0) is 10.0 Å². The van der Waals surface area contributed by atoms with Crippen molar-refractivity contribution in [3.8, 4) is 21.1 Å². The highest BCUT2D eigenvalue weighted by Gasteiger charge is 2.21. The molecule has 0 bridgehead atoms. The summed E-state index contributed by atoms with van der Waals surface area (Å²) in [6.07, 6.45) is 0. The van der Waals surface area contributed by atoms with Crippen molar-refractivity contribution in [3.63, 3.8) is 0 Å². The number of pyridine rings is 1. The first-order chi connectivity index (χ1) is 15.0. The van der Waals surface area contributed by atoms with E-state index in [1.165, 1.54) is 34.8 Å². The third-order valence-electron chi connectivity index (χ3n) is 4.04. The van der Waals surface area contributed by atoms with Gasteiger partial charge < -0.3 is 11.1 Å². The lowest BCUT2D eigenvalue weighted by molar-refractivity contribution is 0.598. The monoisotopic (exact) mass is 566 g/mol. The van der Waals surface area contributed by atoms with Crippen molar-refractivity contribution in [1.82, 2.24) is 15.0 Å². The van der Waals surface area contributed by atoms with Gasteiger partial charge in [0.2, 0.25) is 10.0 Å². The summed E-state index contributed by atoms with van der Waals surface area (Å²) in [6, 6.07) is 5.92. The molecule has 0 fully saturated rings. The standard InChI is InChI=1S/C17H10Cl4N6O2S3/c18-10-9(11(19)14(21)26-13(10)20)8-5-30-16(25-8)12-15(22)27-17(31-12)24-6-1-3-7(4-2-6)32(23,28)29/h1-5H,22H2,(H,24,27)(H2,23,28,29). The van der Waals surface area contributed by atoms with E-state index in [1.807, 2.05) is 0 Å². The minimum atomic E-state index is -3.77. The van der Waals surface area contributed by atoms with Crippen molar-refractivity contribution in [1.29, 1.82) is 0 Å². The number of nitrogens with zero attached hydrogens (tertiary/aromatic N) is 3. The van der Waals surface area contributed by atoms with Crippen LogP contribution in [0.1, 0.15) is 0 Å². The Labute approximate surface area is 210 Å². The average molecular weight is 568 g/mol. The van der Waals surface area contributed by atoms with Crippen LogP contribution in [0.25, 0.3) is 21.1 Å². The van der Waals surface area contributed by atoms with E-state index in [2.05, 4.69) is 20.3 Å². The highest BCUT2D eigenvalue weighted by molar-refractivity contribution is 7.89. The van der Waals surface area contributed by atoms with Crippen molar-refractivity contribution >= 4 is 95.7 Å². The Kier molecular flexibility index (Phi) is 6.54. The lowest BCUT2D eigenvalue weighted by atomic mass is 10.2. The SMILES string of the molecule is Nc1nc(Nc2ccc(S(N)(=O)=O)cc2)sc1-c1nc(-c2c(Cl)c(Cl)nc(Cl)c2Cl)cs1. The van der Waals surface area contributed by atoms with Gasteiger partial charge in [-0.3, -0.25) is 0 Å². The van der Waals surface area contributed by atoms with Crippen LogP contribution in [0.3, 0.4) is 0 Å². The zero-order chi connectivity index (χ0) is 23.2. The molecule has 166 valence electrons. The van der Waals surface area contributed by atoms with E-state index in [0.717, 1.165) is 0 Å². The van der Waals surface area contributed by atoms with Crippen molar-refractivity contribution in [2.75, 3.05) is 11.1 Å². The first-order valence-electron chi connectivity index (χ1n) is 8.37. The van der Waals surface area contributed by atoms with Gasteiger partial charge in [0, 0.05) is 16.6 Å². The number of rotatable bonds is 5. The maximum Gasteiger partial charge on any atom is 0.238 e. The number of anilines is 3. The van der Waals surface area contributed by atoms with Gasteiger partial charge in [0.25, 0.3) is 0 Å². The first-order valence-corrected chi connectivity index (χ1v) is 13.1. The highest BCUT2D eigenvalue weighted by Crippen LogP contribution is 2.44. The Morgan fingerprint density at radius 3 is 2.16 bits per heavy atom. The molecule has 5 N–H and O–H groups in total. The van der Waals surface area contributed by atoms with Crippen molar-refractivity contribution in [2.24, 2.45) is 5.14 Å². The molecule has 32 heavy (non-hydrogen) atoms. The Morgan fingerprint density at radius 2 is 1.56 bits per heavy atom. The second-order valence-corrected chi connectivity index (χ2v) is 11.1. The number of aromatic nitrogens is 3. The molecule has 8 nitrogen and oxygen atoms in total. The molecule has 0 unspecified atom stereocenters. The van der Waals surface area contributed by atoms with Gasteiger partial charge in [-0.05, 0) is 24.3 Å². The average Bonchev–Trinajstić information content (AvgIpc) is 3.33. The molecule has 0 aliphatic heterocycles. The largest absolute Gasteiger partial charge is 0.382 e. The Balaban J connectivity index is 1.63. The van der Waals surface area contributed by atoms with Crippen molar-refractivity contribution in [3.05, 3.63) is 50.0 Å². The molecule has 0 saturated heterocycles. The summed E-state index contributed by atoms with van der Waals surface area (Å²) in [5.41, 5.74) is 7.54. The number of sulfonamides is 1. The van der Waals surface area contributed by atoms with Crippen LogP contribution < -0.4 is 16.2 Å². The lowest BCUT2D eigenvalue weighted by Crippen LogP contribution is -2.11. The van der Waals surface area contributed by atoms with Crippen LogP contribution in [0.2, 0.25) is 20.4 Å². The molecule has 4 rings (SSSR count). The van der Waals surface area contributed by atoms with Gasteiger partial charge in [-0.1, -0.05) is 57.7 Å². The second-order valence-electron chi connectivity index (χ2n) is 6.16. The maximum atomic E-state index is 11.4. The molecule has 3 heterocycles. The smallest absolute Gasteiger partial charge is 0.238 e. The number of nitrogens with two attached hydrogens (primary N) is 2. The molecule has 0 spiro atoms. The van der Waals surface area contributed by atoms with E-state index >= 15 is 0 Å². The van der Waals surface area contributed by atoms with E-state index in [9.17, 15) is 8.42 Å². The summed E-state index contributed by atoms with van der Waals surface area (Å²) in [5.74, 6) is 0.266. The van der Waals surface area contributed by atoms with E-state index in [-0.39, 0.29) is 31.1 Å². The Bertz CT molecular complexity index is 1410. The quantitative estimate of drug-likeness (QED) is 0.255. The van der Waals surface area contributed by atoms with E-state index in [4.69, 9.17) is 57.3 Å². The van der Waals surface area contributed by atoms with Crippen LogP contribution >= 0.6 is 69.1 Å². The molecule has 4 aromatic rings. The molecular formula is C17H10Cl4N6O2S3. The van der Waals surface area contributed by atoms with Gasteiger partial charge >= 0.3 is 0 Å². The molecule has 0 aliphatic rings. The predicted molar refractivity (Wildman–Crippen MR) is 132 cm³/mol.